The first-order chi connectivity index (χ1) is 10.2. The predicted molar refractivity (Wildman–Crippen MR) is 86.3 cm³/mol. The van der Waals surface area contributed by atoms with Gasteiger partial charge in [-0.15, -0.1) is 0 Å². The van der Waals surface area contributed by atoms with Crippen LogP contribution in [0.2, 0.25) is 0 Å². The second-order valence-electron chi connectivity index (χ2n) is 4.41. The van der Waals surface area contributed by atoms with Gasteiger partial charge in [-0.3, -0.25) is 4.79 Å². The van der Waals surface area contributed by atoms with Crippen LogP contribution in [0.1, 0.15) is 19.4 Å². The molecule has 1 amide bonds. The number of rotatable bonds is 8. The number of hydrogen-bond acceptors (Lipinski definition) is 4. The molecule has 0 heterocycles. The molecule has 0 atom stereocenters. The molecule has 1 N–H and O–H groups in total. The van der Waals surface area contributed by atoms with Crippen molar-refractivity contribution >= 4 is 18.3 Å². The SMILES string of the molecule is C=NC(=O)/C(=C\N(CC)CNc1ccccc1CC)OC. The lowest BCUT2D eigenvalue weighted by Crippen LogP contribution is -2.26. The fourth-order valence-electron chi connectivity index (χ4n) is 1.88. The largest absolute Gasteiger partial charge is 0.490 e. The van der Waals surface area contributed by atoms with Crippen molar-refractivity contribution in [2.24, 2.45) is 4.99 Å². The Morgan fingerprint density at radius 1 is 1.43 bits per heavy atom. The van der Waals surface area contributed by atoms with E-state index >= 15 is 0 Å². The summed E-state index contributed by atoms with van der Waals surface area (Å²) >= 11 is 0. The number of aliphatic imine (C=N–C) groups is 1. The number of para-hydroxylation sites is 1. The molecule has 114 valence electrons. The van der Waals surface area contributed by atoms with Gasteiger partial charge in [0, 0.05) is 18.4 Å². The van der Waals surface area contributed by atoms with Crippen LogP contribution in [0, 0.1) is 0 Å². The minimum absolute atomic E-state index is 0.178. The van der Waals surface area contributed by atoms with Gasteiger partial charge >= 0.3 is 5.91 Å². The maximum atomic E-state index is 11.5. The highest BCUT2D eigenvalue weighted by molar-refractivity contribution is 5.94. The van der Waals surface area contributed by atoms with Gasteiger partial charge < -0.3 is 15.0 Å². The number of ether oxygens (including phenoxy) is 1. The van der Waals surface area contributed by atoms with Crippen LogP contribution in [-0.2, 0) is 16.0 Å². The summed E-state index contributed by atoms with van der Waals surface area (Å²) in [5.74, 6) is -0.290. The molecule has 0 saturated heterocycles. The number of methoxy groups -OCH3 is 1. The fraction of sp³-hybridized carbons (Fsp3) is 0.375. The van der Waals surface area contributed by atoms with Gasteiger partial charge in [-0.1, -0.05) is 25.1 Å². The van der Waals surface area contributed by atoms with Crippen LogP contribution < -0.4 is 5.32 Å². The first-order valence-corrected chi connectivity index (χ1v) is 6.98. The molecule has 5 nitrogen and oxygen atoms in total. The van der Waals surface area contributed by atoms with Gasteiger partial charge in [-0.05, 0) is 31.7 Å². The zero-order valence-electron chi connectivity index (χ0n) is 12.9. The third-order valence-corrected chi connectivity index (χ3v) is 3.15. The van der Waals surface area contributed by atoms with Crippen molar-refractivity contribution in [3.8, 4) is 0 Å². The molecular weight excluding hydrogens is 266 g/mol. The van der Waals surface area contributed by atoms with E-state index in [-0.39, 0.29) is 5.76 Å². The molecule has 21 heavy (non-hydrogen) atoms. The lowest BCUT2D eigenvalue weighted by Gasteiger charge is -2.21. The molecule has 0 bridgehead atoms. The maximum absolute atomic E-state index is 11.5. The normalized spacial score (nSPS) is 10.9. The van der Waals surface area contributed by atoms with Crippen molar-refractivity contribution in [2.75, 3.05) is 25.6 Å². The summed E-state index contributed by atoms with van der Waals surface area (Å²) in [5.41, 5.74) is 2.35. The van der Waals surface area contributed by atoms with E-state index in [0.717, 1.165) is 18.7 Å². The smallest absolute Gasteiger partial charge is 0.312 e. The van der Waals surface area contributed by atoms with Crippen molar-refractivity contribution in [3.05, 3.63) is 41.8 Å². The lowest BCUT2D eigenvalue weighted by atomic mass is 10.1. The van der Waals surface area contributed by atoms with Crippen molar-refractivity contribution < 1.29 is 9.53 Å². The highest BCUT2D eigenvalue weighted by atomic mass is 16.5. The van der Waals surface area contributed by atoms with E-state index in [1.54, 1.807) is 6.20 Å². The summed E-state index contributed by atoms with van der Waals surface area (Å²) in [6, 6.07) is 8.17. The Hall–Kier alpha value is -2.30. The number of anilines is 1. The highest BCUT2D eigenvalue weighted by Gasteiger charge is 2.09. The third-order valence-electron chi connectivity index (χ3n) is 3.15. The molecule has 1 aromatic rings. The topological polar surface area (TPSA) is 53.9 Å². The second-order valence-corrected chi connectivity index (χ2v) is 4.41. The number of nitrogens with zero attached hydrogens (tertiary/aromatic N) is 2. The van der Waals surface area contributed by atoms with E-state index in [4.69, 9.17) is 4.74 Å². The molecule has 0 aromatic heterocycles. The Bertz CT molecular complexity index is 512. The van der Waals surface area contributed by atoms with E-state index in [0.29, 0.717) is 6.67 Å². The van der Waals surface area contributed by atoms with Crippen LogP contribution in [0.15, 0.2) is 41.2 Å². The minimum atomic E-state index is -0.468. The average Bonchev–Trinajstić information content (AvgIpc) is 2.54. The van der Waals surface area contributed by atoms with Crippen LogP contribution in [0.25, 0.3) is 0 Å². The van der Waals surface area contributed by atoms with Gasteiger partial charge in [0.1, 0.15) is 0 Å². The van der Waals surface area contributed by atoms with Crippen molar-refractivity contribution in [3.63, 3.8) is 0 Å². The highest BCUT2D eigenvalue weighted by Crippen LogP contribution is 2.15. The standard InChI is InChI=1S/C16H23N3O2/c1-5-13-9-7-8-10-14(13)18-12-19(6-2)11-15(21-4)16(20)17-3/h7-11,18H,3,5-6,12H2,1-2,4H3/b15-11+. The molecule has 0 aliphatic rings. The van der Waals surface area contributed by atoms with Gasteiger partial charge in [0.15, 0.2) is 0 Å². The molecule has 0 spiro atoms. The molecule has 0 aliphatic heterocycles. The van der Waals surface area contributed by atoms with Gasteiger partial charge in [-0.2, -0.15) is 0 Å². The Labute approximate surface area is 126 Å². The summed E-state index contributed by atoms with van der Waals surface area (Å²) in [6.45, 7) is 8.66. The zero-order valence-corrected chi connectivity index (χ0v) is 12.9. The van der Waals surface area contributed by atoms with E-state index in [2.05, 4.69) is 30.0 Å². The summed E-state index contributed by atoms with van der Waals surface area (Å²) in [6.07, 6.45) is 2.62. The van der Waals surface area contributed by atoms with Gasteiger partial charge in [0.25, 0.3) is 0 Å². The van der Waals surface area contributed by atoms with Crippen LogP contribution in [-0.4, -0.2) is 37.8 Å². The molecule has 5 heteroatoms. The molecule has 1 aromatic carbocycles. The monoisotopic (exact) mass is 289 g/mol. The van der Waals surface area contributed by atoms with Crippen molar-refractivity contribution in [1.29, 1.82) is 0 Å². The molecule has 0 aliphatic carbocycles. The minimum Gasteiger partial charge on any atom is -0.490 e. The second kappa shape index (κ2) is 8.79. The number of amides is 1. The fourth-order valence-corrected chi connectivity index (χ4v) is 1.88. The summed E-state index contributed by atoms with van der Waals surface area (Å²) in [5, 5.41) is 3.37. The molecular formula is C16H23N3O2. The first kappa shape index (κ1) is 16.8. The third kappa shape index (κ3) is 4.95. The number of carbonyl (C=O) groups excluding carboxylic acids is 1. The Kier molecular flexibility index (Phi) is 7.01. The molecule has 0 radical (unpaired) electrons. The number of nitrogens with one attached hydrogen (secondary N) is 1. The van der Waals surface area contributed by atoms with Crippen LogP contribution >= 0.6 is 0 Å². The number of hydrogen-bond donors (Lipinski definition) is 1. The van der Waals surface area contributed by atoms with Crippen LogP contribution in [0.4, 0.5) is 5.69 Å². The van der Waals surface area contributed by atoms with E-state index in [1.165, 1.54) is 12.7 Å². The summed E-state index contributed by atoms with van der Waals surface area (Å²) in [4.78, 5) is 16.8. The van der Waals surface area contributed by atoms with Crippen molar-refractivity contribution in [2.45, 2.75) is 20.3 Å². The van der Waals surface area contributed by atoms with Gasteiger partial charge in [0.05, 0.1) is 13.8 Å². The van der Waals surface area contributed by atoms with Crippen LogP contribution in [0.5, 0.6) is 0 Å². The van der Waals surface area contributed by atoms with E-state index in [9.17, 15) is 4.79 Å². The quantitative estimate of drug-likeness (QED) is 0.346. The van der Waals surface area contributed by atoms with Gasteiger partial charge in [-0.25, -0.2) is 4.99 Å². The zero-order chi connectivity index (χ0) is 15.7. The first-order valence-electron chi connectivity index (χ1n) is 6.98. The number of carbonyl (C=O) groups is 1. The van der Waals surface area contributed by atoms with E-state index in [1.807, 2.05) is 30.0 Å². The average molecular weight is 289 g/mol. The maximum Gasteiger partial charge on any atom is 0.312 e. The Morgan fingerprint density at radius 2 is 2.14 bits per heavy atom. The van der Waals surface area contributed by atoms with Crippen LogP contribution in [0.3, 0.4) is 0 Å². The van der Waals surface area contributed by atoms with Gasteiger partial charge in [0.2, 0.25) is 5.76 Å². The Balaban J connectivity index is 2.76. The predicted octanol–water partition coefficient (Wildman–Crippen LogP) is 2.66. The Morgan fingerprint density at radius 3 is 2.71 bits per heavy atom. The molecule has 0 saturated carbocycles. The van der Waals surface area contributed by atoms with Crippen molar-refractivity contribution in [1.82, 2.24) is 4.90 Å². The lowest BCUT2D eigenvalue weighted by molar-refractivity contribution is -0.117. The molecule has 1 rings (SSSR count). The summed E-state index contributed by atoms with van der Waals surface area (Å²) in [7, 11) is 1.45. The number of benzene rings is 1. The van der Waals surface area contributed by atoms with E-state index < -0.39 is 5.91 Å². The molecule has 0 unspecified atom stereocenters. The number of aryl methyl sites for hydroxylation is 1. The molecule has 0 fully saturated rings. The summed E-state index contributed by atoms with van der Waals surface area (Å²) < 4.78 is 5.04.